The molecule has 2 aromatic carbocycles. The third kappa shape index (κ3) is 4.07. The van der Waals surface area contributed by atoms with Crippen LogP contribution in [0.3, 0.4) is 0 Å². The van der Waals surface area contributed by atoms with Crippen LogP contribution in [-0.4, -0.2) is 17.0 Å². The number of phenolic OH excluding ortho intramolecular Hbond substituents is 1. The Hall–Kier alpha value is -2.82. The maximum Gasteiger partial charge on any atom is 0.308 e. The lowest BCUT2D eigenvalue weighted by atomic mass is 10.1. The van der Waals surface area contributed by atoms with Crippen molar-refractivity contribution in [3.63, 3.8) is 0 Å². The van der Waals surface area contributed by atoms with E-state index in [-0.39, 0.29) is 17.1 Å². The molecule has 0 heterocycles. The number of hydrogen-bond acceptors (Lipinski definition) is 4. The summed E-state index contributed by atoms with van der Waals surface area (Å²) < 4.78 is 4.83. The first kappa shape index (κ1) is 14.6. The largest absolute Gasteiger partial charge is 0.507 e. The lowest BCUT2D eigenvalue weighted by Gasteiger charge is -2.08. The average Bonchev–Trinajstić information content (AvgIpc) is 2.45. The lowest BCUT2D eigenvalue weighted by molar-refractivity contribution is -0.131. The van der Waals surface area contributed by atoms with Gasteiger partial charge in [-0.3, -0.25) is 9.59 Å². The van der Waals surface area contributed by atoms with Crippen LogP contribution in [0.4, 0.5) is 0 Å². The van der Waals surface area contributed by atoms with Gasteiger partial charge in [0.1, 0.15) is 11.5 Å². The predicted octanol–water partition coefficient (Wildman–Crippen LogP) is 2.25. The molecule has 0 aromatic heterocycles. The molecule has 0 radical (unpaired) electrons. The highest BCUT2D eigenvalue weighted by Gasteiger charge is 2.12. The summed E-state index contributed by atoms with van der Waals surface area (Å²) in [7, 11) is 0. The number of rotatable bonds is 4. The van der Waals surface area contributed by atoms with E-state index in [9.17, 15) is 14.7 Å². The third-order valence-electron chi connectivity index (χ3n) is 2.77. The van der Waals surface area contributed by atoms with E-state index in [1.54, 1.807) is 0 Å². The molecule has 0 aliphatic rings. The highest BCUT2D eigenvalue weighted by molar-refractivity contribution is 5.97. The summed E-state index contributed by atoms with van der Waals surface area (Å²) in [5.74, 6) is -0.930. The van der Waals surface area contributed by atoms with E-state index in [0.717, 1.165) is 5.56 Å². The molecule has 0 fully saturated rings. The predicted molar refractivity (Wildman–Crippen MR) is 77.0 cm³/mol. The smallest absolute Gasteiger partial charge is 0.308 e. The number of hydrogen-bond donors (Lipinski definition) is 2. The minimum Gasteiger partial charge on any atom is -0.507 e. The van der Waals surface area contributed by atoms with Crippen molar-refractivity contribution in [2.24, 2.45) is 0 Å². The Balaban J connectivity index is 2.04. The zero-order chi connectivity index (χ0) is 15.2. The summed E-state index contributed by atoms with van der Waals surface area (Å²) >= 11 is 0. The molecule has 0 aliphatic carbocycles. The van der Waals surface area contributed by atoms with Gasteiger partial charge in [-0.25, -0.2) is 0 Å². The van der Waals surface area contributed by atoms with E-state index in [4.69, 9.17) is 4.74 Å². The molecule has 2 aromatic rings. The van der Waals surface area contributed by atoms with E-state index in [1.807, 2.05) is 30.3 Å². The van der Waals surface area contributed by atoms with Gasteiger partial charge in [-0.1, -0.05) is 30.3 Å². The van der Waals surface area contributed by atoms with Gasteiger partial charge in [-0.05, 0) is 17.7 Å². The van der Waals surface area contributed by atoms with Crippen molar-refractivity contribution in [3.8, 4) is 11.5 Å². The standard InChI is InChI=1S/C16H15NO4/c1-11(18)21-13-7-8-14(15(19)9-13)16(20)17-10-12-5-3-2-4-6-12/h2-9,19H,10H2,1H3,(H,17,20). The van der Waals surface area contributed by atoms with Gasteiger partial charge in [0.15, 0.2) is 0 Å². The number of carbonyl (C=O) groups is 2. The fraction of sp³-hybridized carbons (Fsp3) is 0.125. The fourth-order valence-electron chi connectivity index (χ4n) is 1.81. The van der Waals surface area contributed by atoms with Crippen LogP contribution in [0.25, 0.3) is 0 Å². The van der Waals surface area contributed by atoms with Crippen molar-refractivity contribution < 1.29 is 19.4 Å². The molecule has 108 valence electrons. The first-order valence-corrected chi connectivity index (χ1v) is 6.40. The summed E-state index contributed by atoms with van der Waals surface area (Å²) in [6.07, 6.45) is 0. The zero-order valence-electron chi connectivity index (χ0n) is 11.5. The summed E-state index contributed by atoms with van der Waals surface area (Å²) in [6, 6.07) is 13.5. The molecule has 5 nitrogen and oxygen atoms in total. The second-order valence-corrected chi connectivity index (χ2v) is 4.44. The van der Waals surface area contributed by atoms with Crippen molar-refractivity contribution in [2.45, 2.75) is 13.5 Å². The molecule has 0 saturated heterocycles. The van der Waals surface area contributed by atoms with E-state index in [0.29, 0.717) is 6.54 Å². The number of amides is 1. The Bertz CT molecular complexity index is 653. The van der Waals surface area contributed by atoms with Crippen LogP contribution in [0.2, 0.25) is 0 Å². The van der Waals surface area contributed by atoms with E-state index < -0.39 is 11.9 Å². The van der Waals surface area contributed by atoms with Crippen molar-refractivity contribution in [1.82, 2.24) is 5.32 Å². The molecular formula is C16H15NO4. The molecule has 21 heavy (non-hydrogen) atoms. The van der Waals surface area contributed by atoms with E-state index in [2.05, 4.69) is 5.32 Å². The first-order valence-electron chi connectivity index (χ1n) is 6.40. The van der Waals surface area contributed by atoms with Gasteiger partial charge in [-0.15, -0.1) is 0 Å². The second-order valence-electron chi connectivity index (χ2n) is 4.44. The molecule has 2 rings (SSSR count). The number of esters is 1. The van der Waals surface area contributed by atoms with Gasteiger partial charge in [0.2, 0.25) is 0 Å². The number of benzene rings is 2. The number of carbonyl (C=O) groups excluding carboxylic acids is 2. The Morgan fingerprint density at radius 2 is 1.86 bits per heavy atom. The van der Waals surface area contributed by atoms with Crippen molar-refractivity contribution >= 4 is 11.9 Å². The topological polar surface area (TPSA) is 75.6 Å². The summed E-state index contributed by atoms with van der Waals surface area (Å²) in [6.45, 7) is 1.63. The zero-order valence-corrected chi connectivity index (χ0v) is 11.5. The third-order valence-corrected chi connectivity index (χ3v) is 2.77. The quantitative estimate of drug-likeness (QED) is 0.667. The molecule has 0 unspecified atom stereocenters. The summed E-state index contributed by atoms with van der Waals surface area (Å²) in [5.41, 5.74) is 1.09. The Kier molecular flexibility index (Phi) is 4.56. The second kappa shape index (κ2) is 6.56. The van der Waals surface area contributed by atoms with Crippen LogP contribution in [0.1, 0.15) is 22.8 Å². The average molecular weight is 285 g/mol. The van der Waals surface area contributed by atoms with Crippen molar-refractivity contribution in [3.05, 3.63) is 59.7 Å². The Labute approximate surface area is 122 Å². The van der Waals surface area contributed by atoms with Crippen LogP contribution in [0, 0.1) is 0 Å². The van der Waals surface area contributed by atoms with Gasteiger partial charge in [0, 0.05) is 19.5 Å². The van der Waals surface area contributed by atoms with E-state index in [1.165, 1.54) is 25.1 Å². The molecule has 0 aliphatic heterocycles. The number of ether oxygens (including phenoxy) is 1. The molecule has 0 saturated carbocycles. The van der Waals surface area contributed by atoms with Crippen LogP contribution in [0.5, 0.6) is 11.5 Å². The van der Waals surface area contributed by atoms with Gasteiger partial charge in [0.05, 0.1) is 5.56 Å². The Morgan fingerprint density at radius 3 is 2.48 bits per heavy atom. The van der Waals surface area contributed by atoms with Gasteiger partial charge < -0.3 is 15.2 Å². The van der Waals surface area contributed by atoms with Crippen LogP contribution >= 0.6 is 0 Å². The van der Waals surface area contributed by atoms with Gasteiger partial charge >= 0.3 is 5.97 Å². The normalized spacial score (nSPS) is 9.95. The van der Waals surface area contributed by atoms with Gasteiger partial charge in [0.25, 0.3) is 5.91 Å². The van der Waals surface area contributed by atoms with Crippen molar-refractivity contribution in [1.29, 1.82) is 0 Å². The minimum absolute atomic E-state index is 0.127. The monoisotopic (exact) mass is 285 g/mol. The molecule has 1 amide bonds. The highest BCUT2D eigenvalue weighted by atomic mass is 16.5. The number of phenols is 1. The number of nitrogens with one attached hydrogen (secondary N) is 1. The van der Waals surface area contributed by atoms with Crippen LogP contribution < -0.4 is 10.1 Å². The Morgan fingerprint density at radius 1 is 1.14 bits per heavy atom. The maximum atomic E-state index is 12.0. The molecule has 0 spiro atoms. The van der Waals surface area contributed by atoms with E-state index >= 15 is 0 Å². The van der Waals surface area contributed by atoms with Crippen molar-refractivity contribution in [2.75, 3.05) is 0 Å². The van der Waals surface area contributed by atoms with Crippen LogP contribution in [-0.2, 0) is 11.3 Å². The summed E-state index contributed by atoms with van der Waals surface area (Å²) in [4.78, 5) is 22.8. The molecule has 0 atom stereocenters. The summed E-state index contributed by atoms with van der Waals surface area (Å²) in [5, 5.41) is 12.5. The lowest BCUT2D eigenvalue weighted by Crippen LogP contribution is -2.22. The molecule has 0 bridgehead atoms. The molecule has 2 N–H and O–H groups in total. The maximum absolute atomic E-state index is 12.0. The molecule has 5 heteroatoms. The first-order chi connectivity index (χ1) is 10.1. The molecular weight excluding hydrogens is 270 g/mol. The number of aromatic hydroxyl groups is 1. The van der Waals surface area contributed by atoms with Crippen LogP contribution in [0.15, 0.2) is 48.5 Å². The van der Waals surface area contributed by atoms with Gasteiger partial charge in [-0.2, -0.15) is 0 Å². The highest BCUT2D eigenvalue weighted by Crippen LogP contribution is 2.23. The SMILES string of the molecule is CC(=O)Oc1ccc(C(=O)NCc2ccccc2)c(O)c1. The minimum atomic E-state index is -0.490. The fourth-order valence-corrected chi connectivity index (χ4v) is 1.81.